The molecule has 0 heterocycles. The van der Waals surface area contributed by atoms with Crippen LogP contribution in [0.2, 0.25) is 0 Å². The largest absolute Gasteiger partial charge is 0.366 e. The van der Waals surface area contributed by atoms with Gasteiger partial charge in [-0.1, -0.05) is 6.07 Å². The Morgan fingerprint density at radius 2 is 1.87 bits per heavy atom. The van der Waals surface area contributed by atoms with Gasteiger partial charge in [0.1, 0.15) is 0 Å². The lowest BCUT2D eigenvalue weighted by atomic mass is 10.3. The van der Waals surface area contributed by atoms with Crippen LogP contribution >= 0.6 is 12.2 Å². The van der Waals surface area contributed by atoms with Crippen LogP contribution in [0.25, 0.3) is 0 Å². The Morgan fingerprint density at radius 3 is 2.40 bits per heavy atom. The highest BCUT2D eigenvalue weighted by atomic mass is 32.1. The molecule has 0 aliphatic rings. The number of rotatable bonds is 2. The molecule has 0 saturated carbocycles. The zero-order valence-electron chi connectivity index (χ0n) is 8.63. The van der Waals surface area contributed by atoms with E-state index in [1.54, 1.807) is 7.05 Å². The summed E-state index contributed by atoms with van der Waals surface area (Å²) < 4.78 is 0. The molecular weight excluding hydrogens is 210 g/mol. The van der Waals surface area contributed by atoms with Crippen LogP contribution < -0.4 is 16.0 Å². The molecule has 1 amide bonds. The van der Waals surface area contributed by atoms with Crippen LogP contribution in [-0.4, -0.2) is 18.1 Å². The highest BCUT2D eigenvalue weighted by molar-refractivity contribution is 7.80. The van der Waals surface area contributed by atoms with Crippen molar-refractivity contribution in [1.29, 1.82) is 0 Å². The monoisotopic (exact) mass is 223 g/mol. The Kier molecular flexibility index (Phi) is 4.05. The molecular formula is C10H13N3OS. The van der Waals surface area contributed by atoms with Gasteiger partial charge in [0.25, 0.3) is 0 Å². The molecule has 0 radical (unpaired) electrons. The number of carbonyl (C=O) groups excluding carboxylic acids is 1. The molecule has 0 saturated heterocycles. The van der Waals surface area contributed by atoms with Gasteiger partial charge in [0.15, 0.2) is 5.11 Å². The van der Waals surface area contributed by atoms with Gasteiger partial charge in [-0.25, -0.2) is 0 Å². The van der Waals surface area contributed by atoms with E-state index in [0.29, 0.717) is 5.11 Å². The number of thiocarbonyl (C=S) groups is 1. The van der Waals surface area contributed by atoms with Crippen molar-refractivity contribution in [3.05, 3.63) is 24.3 Å². The van der Waals surface area contributed by atoms with Crippen LogP contribution in [-0.2, 0) is 4.79 Å². The van der Waals surface area contributed by atoms with Crippen molar-refractivity contribution < 1.29 is 4.79 Å². The Morgan fingerprint density at radius 1 is 1.27 bits per heavy atom. The SMILES string of the molecule is CNC(=S)Nc1cccc(NC(C)=O)c1. The first-order valence-electron chi connectivity index (χ1n) is 4.48. The maximum Gasteiger partial charge on any atom is 0.221 e. The fourth-order valence-electron chi connectivity index (χ4n) is 1.07. The fourth-order valence-corrected chi connectivity index (χ4v) is 1.19. The van der Waals surface area contributed by atoms with E-state index in [9.17, 15) is 4.79 Å². The highest BCUT2D eigenvalue weighted by Crippen LogP contribution is 2.14. The summed E-state index contributed by atoms with van der Waals surface area (Å²) in [5.41, 5.74) is 1.58. The van der Waals surface area contributed by atoms with Gasteiger partial charge >= 0.3 is 0 Å². The Hall–Kier alpha value is -1.62. The molecule has 0 unspecified atom stereocenters. The zero-order valence-corrected chi connectivity index (χ0v) is 9.44. The van der Waals surface area contributed by atoms with Crippen LogP contribution in [0.3, 0.4) is 0 Å². The van der Waals surface area contributed by atoms with Gasteiger partial charge in [-0.2, -0.15) is 0 Å². The first-order chi connectivity index (χ1) is 7.11. The number of benzene rings is 1. The van der Waals surface area contributed by atoms with Crippen molar-refractivity contribution in [2.45, 2.75) is 6.92 Å². The van der Waals surface area contributed by atoms with Gasteiger partial charge in [-0.3, -0.25) is 4.79 Å². The predicted octanol–water partition coefficient (Wildman–Crippen LogP) is 1.56. The minimum Gasteiger partial charge on any atom is -0.366 e. The third-order valence-electron chi connectivity index (χ3n) is 1.67. The van der Waals surface area contributed by atoms with Gasteiger partial charge in [-0.15, -0.1) is 0 Å². The molecule has 0 atom stereocenters. The lowest BCUT2D eigenvalue weighted by Crippen LogP contribution is -2.24. The summed E-state index contributed by atoms with van der Waals surface area (Å²) in [7, 11) is 1.74. The van der Waals surface area contributed by atoms with Crippen LogP contribution in [0.15, 0.2) is 24.3 Å². The average molecular weight is 223 g/mol. The van der Waals surface area contributed by atoms with Crippen molar-refractivity contribution in [2.24, 2.45) is 0 Å². The average Bonchev–Trinajstić information content (AvgIpc) is 2.17. The summed E-state index contributed by atoms with van der Waals surface area (Å²) in [5.74, 6) is -0.0941. The van der Waals surface area contributed by atoms with E-state index < -0.39 is 0 Å². The second-order valence-corrected chi connectivity index (χ2v) is 3.37. The third-order valence-corrected chi connectivity index (χ3v) is 1.97. The highest BCUT2D eigenvalue weighted by Gasteiger charge is 1.98. The van der Waals surface area contributed by atoms with Crippen molar-refractivity contribution in [3.63, 3.8) is 0 Å². The van der Waals surface area contributed by atoms with Crippen molar-refractivity contribution in [1.82, 2.24) is 5.32 Å². The first-order valence-corrected chi connectivity index (χ1v) is 4.89. The van der Waals surface area contributed by atoms with E-state index in [0.717, 1.165) is 11.4 Å². The summed E-state index contributed by atoms with van der Waals surface area (Å²) in [6.45, 7) is 1.47. The molecule has 1 rings (SSSR count). The number of amides is 1. The Labute approximate surface area is 94.1 Å². The second-order valence-electron chi connectivity index (χ2n) is 2.97. The summed E-state index contributed by atoms with van der Waals surface area (Å²) in [6.07, 6.45) is 0. The molecule has 0 bridgehead atoms. The zero-order chi connectivity index (χ0) is 11.3. The second kappa shape index (κ2) is 5.31. The molecule has 1 aromatic carbocycles. The van der Waals surface area contributed by atoms with Crippen molar-refractivity contribution in [2.75, 3.05) is 17.7 Å². The number of hydrogen-bond acceptors (Lipinski definition) is 2. The summed E-state index contributed by atoms with van der Waals surface area (Å²) >= 11 is 4.96. The van der Waals surface area contributed by atoms with Crippen LogP contribution in [0.1, 0.15) is 6.92 Å². The molecule has 0 aliphatic carbocycles. The van der Waals surface area contributed by atoms with E-state index in [1.165, 1.54) is 6.92 Å². The first kappa shape index (κ1) is 11.5. The molecule has 0 aliphatic heterocycles. The number of hydrogen-bond donors (Lipinski definition) is 3. The van der Waals surface area contributed by atoms with Crippen LogP contribution in [0.4, 0.5) is 11.4 Å². The maximum absolute atomic E-state index is 10.8. The number of anilines is 2. The van der Waals surface area contributed by atoms with E-state index in [2.05, 4.69) is 16.0 Å². The fraction of sp³-hybridized carbons (Fsp3) is 0.200. The topological polar surface area (TPSA) is 53.2 Å². The van der Waals surface area contributed by atoms with Crippen molar-refractivity contribution in [3.8, 4) is 0 Å². The minimum absolute atomic E-state index is 0.0941. The van der Waals surface area contributed by atoms with Gasteiger partial charge in [0, 0.05) is 25.3 Å². The van der Waals surface area contributed by atoms with Crippen LogP contribution in [0, 0.1) is 0 Å². The normalized spacial score (nSPS) is 9.20. The van der Waals surface area contributed by atoms with Gasteiger partial charge in [0.05, 0.1) is 0 Å². The van der Waals surface area contributed by atoms with E-state index in [1.807, 2.05) is 24.3 Å². The molecule has 0 fully saturated rings. The van der Waals surface area contributed by atoms with E-state index >= 15 is 0 Å². The molecule has 1 aromatic rings. The maximum atomic E-state index is 10.8. The Balaban J connectivity index is 2.74. The van der Waals surface area contributed by atoms with Gasteiger partial charge < -0.3 is 16.0 Å². The summed E-state index contributed by atoms with van der Waals surface area (Å²) in [4.78, 5) is 10.8. The summed E-state index contributed by atoms with van der Waals surface area (Å²) in [5, 5.41) is 9.01. The Bertz CT molecular complexity index is 379. The third kappa shape index (κ3) is 3.95. The number of nitrogens with one attached hydrogen (secondary N) is 3. The van der Waals surface area contributed by atoms with E-state index in [4.69, 9.17) is 12.2 Å². The number of carbonyl (C=O) groups is 1. The summed E-state index contributed by atoms with van der Waals surface area (Å²) in [6, 6.07) is 7.33. The molecule has 15 heavy (non-hydrogen) atoms. The van der Waals surface area contributed by atoms with Crippen LogP contribution in [0.5, 0.6) is 0 Å². The quantitative estimate of drug-likeness (QED) is 0.666. The van der Waals surface area contributed by atoms with E-state index in [-0.39, 0.29) is 5.91 Å². The minimum atomic E-state index is -0.0941. The molecule has 5 heteroatoms. The molecule has 80 valence electrons. The smallest absolute Gasteiger partial charge is 0.221 e. The lowest BCUT2D eigenvalue weighted by molar-refractivity contribution is -0.114. The van der Waals surface area contributed by atoms with Gasteiger partial charge in [-0.05, 0) is 30.4 Å². The molecule has 4 nitrogen and oxygen atoms in total. The lowest BCUT2D eigenvalue weighted by Gasteiger charge is -2.08. The predicted molar refractivity (Wildman–Crippen MR) is 66.0 cm³/mol. The van der Waals surface area contributed by atoms with Gasteiger partial charge in [0.2, 0.25) is 5.91 Å². The molecule has 0 aromatic heterocycles. The molecule has 0 spiro atoms. The standard InChI is InChI=1S/C10H13N3OS/c1-7(14)12-8-4-3-5-9(6-8)13-10(15)11-2/h3-6H,1-2H3,(H,12,14)(H2,11,13,15). The molecule has 3 N–H and O–H groups in total. The van der Waals surface area contributed by atoms with Crippen molar-refractivity contribution >= 4 is 34.6 Å².